The minimum atomic E-state index is -1.11. The van der Waals surface area contributed by atoms with Gasteiger partial charge in [0.05, 0.1) is 0 Å². The molecule has 25 heavy (non-hydrogen) atoms. The number of unbranched alkanes of at least 4 members (excludes halogenated alkanes) is 1. The summed E-state index contributed by atoms with van der Waals surface area (Å²) >= 11 is 0. The number of nitrogens with zero attached hydrogens (tertiary/aromatic N) is 3. The Morgan fingerprint density at radius 2 is 2.04 bits per heavy atom. The Morgan fingerprint density at radius 1 is 1.32 bits per heavy atom. The lowest BCUT2D eigenvalue weighted by Gasteiger charge is -2.12. The van der Waals surface area contributed by atoms with Crippen LogP contribution in [-0.4, -0.2) is 37.8 Å². The minimum absolute atomic E-state index is 0.178. The van der Waals surface area contributed by atoms with Gasteiger partial charge in [-0.3, -0.25) is 4.79 Å². The van der Waals surface area contributed by atoms with Crippen molar-refractivity contribution in [3.05, 3.63) is 41.7 Å². The van der Waals surface area contributed by atoms with E-state index >= 15 is 0 Å². The summed E-state index contributed by atoms with van der Waals surface area (Å²) in [7, 11) is 0. The second kappa shape index (κ2) is 8.36. The van der Waals surface area contributed by atoms with Crippen molar-refractivity contribution in [3.63, 3.8) is 0 Å². The number of carbonyl (C=O) groups is 2. The molecule has 0 aliphatic rings. The van der Waals surface area contributed by atoms with E-state index in [1.807, 2.05) is 13.8 Å². The third-order valence-corrected chi connectivity index (χ3v) is 3.72. The topological polar surface area (TPSA) is 97.1 Å². The van der Waals surface area contributed by atoms with Gasteiger partial charge >= 0.3 is 5.97 Å². The zero-order chi connectivity index (χ0) is 18.4. The number of carboxylic acid groups (broad SMARTS) is 1. The standard InChI is InChI=1S/C17H21FN4O3/c1-3-5-9-12(17(24)25)19-16(23)15-20-14(4-2)22(21-15)13-10-7-6-8-11(13)18/h6-8,10,12H,3-5,9H2,1-2H3,(H,19,23)(H,24,25)/t12-/m0/s1. The number of aliphatic carboxylic acids is 1. The molecule has 0 saturated heterocycles. The summed E-state index contributed by atoms with van der Waals surface area (Å²) < 4.78 is 15.3. The zero-order valence-corrected chi connectivity index (χ0v) is 14.2. The third kappa shape index (κ3) is 4.40. The Labute approximate surface area is 144 Å². The number of nitrogens with one attached hydrogen (secondary N) is 1. The Kier molecular flexibility index (Phi) is 6.21. The number of para-hydroxylation sites is 1. The molecule has 0 radical (unpaired) electrons. The molecular weight excluding hydrogens is 327 g/mol. The van der Waals surface area contributed by atoms with Gasteiger partial charge in [-0.2, -0.15) is 0 Å². The maximum atomic E-state index is 14.0. The molecule has 1 aromatic carbocycles. The molecule has 134 valence electrons. The average Bonchev–Trinajstić information content (AvgIpc) is 3.02. The first-order valence-electron chi connectivity index (χ1n) is 8.22. The number of amides is 1. The second-order valence-corrected chi connectivity index (χ2v) is 5.57. The molecule has 7 nitrogen and oxygen atoms in total. The van der Waals surface area contributed by atoms with Gasteiger partial charge in [0.15, 0.2) is 0 Å². The van der Waals surface area contributed by atoms with Crippen LogP contribution in [0.5, 0.6) is 0 Å². The number of benzene rings is 1. The molecule has 0 bridgehead atoms. The summed E-state index contributed by atoms with van der Waals surface area (Å²) in [5, 5.41) is 15.7. The molecule has 0 spiro atoms. The van der Waals surface area contributed by atoms with Crippen LogP contribution in [0.15, 0.2) is 24.3 Å². The molecule has 0 aliphatic carbocycles. The monoisotopic (exact) mass is 348 g/mol. The lowest BCUT2D eigenvalue weighted by molar-refractivity contribution is -0.139. The smallest absolute Gasteiger partial charge is 0.326 e. The molecule has 1 amide bonds. The molecule has 2 N–H and O–H groups in total. The summed E-state index contributed by atoms with van der Waals surface area (Å²) in [5.41, 5.74) is 0.187. The van der Waals surface area contributed by atoms with Gasteiger partial charge in [0, 0.05) is 6.42 Å². The molecule has 1 atom stereocenters. The average molecular weight is 348 g/mol. The van der Waals surface area contributed by atoms with E-state index in [1.165, 1.54) is 16.8 Å². The van der Waals surface area contributed by atoms with E-state index in [0.29, 0.717) is 25.1 Å². The molecule has 1 aromatic heterocycles. The van der Waals surface area contributed by atoms with Crippen molar-refractivity contribution in [1.82, 2.24) is 20.1 Å². The summed E-state index contributed by atoms with van der Waals surface area (Å²) in [5.74, 6) is -2.04. The van der Waals surface area contributed by atoms with Gasteiger partial charge < -0.3 is 10.4 Å². The number of carbonyl (C=O) groups excluding carboxylic acids is 1. The van der Waals surface area contributed by atoms with Crippen LogP contribution < -0.4 is 5.32 Å². The van der Waals surface area contributed by atoms with Crippen LogP contribution in [0.2, 0.25) is 0 Å². The molecule has 0 fully saturated rings. The van der Waals surface area contributed by atoms with Crippen LogP contribution in [0.25, 0.3) is 5.69 Å². The van der Waals surface area contributed by atoms with Gasteiger partial charge in [-0.15, -0.1) is 5.10 Å². The molecule has 2 aromatic rings. The Morgan fingerprint density at radius 3 is 2.64 bits per heavy atom. The summed E-state index contributed by atoms with van der Waals surface area (Å²) in [6, 6.07) is 5.04. The minimum Gasteiger partial charge on any atom is -0.480 e. The van der Waals surface area contributed by atoms with Crippen molar-refractivity contribution in [2.45, 2.75) is 45.6 Å². The number of hydrogen-bond donors (Lipinski definition) is 2. The number of rotatable bonds is 8. The Balaban J connectivity index is 2.26. The van der Waals surface area contributed by atoms with Gasteiger partial charge in [-0.05, 0) is 18.6 Å². The number of carboxylic acids is 1. The summed E-state index contributed by atoms with van der Waals surface area (Å²) in [4.78, 5) is 27.7. The van der Waals surface area contributed by atoms with E-state index in [4.69, 9.17) is 0 Å². The van der Waals surface area contributed by atoms with Crippen molar-refractivity contribution in [3.8, 4) is 5.69 Å². The fourth-order valence-electron chi connectivity index (χ4n) is 2.37. The van der Waals surface area contributed by atoms with Crippen LogP contribution in [0, 0.1) is 5.82 Å². The van der Waals surface area contributed by atoms with Crippen LogP contribution in [0.4, 0.5) is 4.39 Å². The SMILES string of the molecule is CCCC[C@H](NC(=O)c1nc(CC)n(-c2ccccc2F)n1)C(=O)O. The predicted molar refractivity (Wildman–Crippen MR) is 89.1 cm³/mol. The molecule has 0 unspecified atom stereocenters. The lowest BCUT2D eigenvalue weighted by atomic mass is 10.1. The largest absolute Gasteiger partial charge is 0.480 e. The number of aromatic nitrogens is 3. The van der Waals surface area contributed by atoms with Gasteiger partial charge in [0.25, 0.3) is 5.91 Å². The van der Waals surface area contributed by atoms with Crippen molar-refractivity contribution >= 4 is 11.9 Å². The van der Waals surface area contributed by atoms with Crippen molar-refractivity contribution in [2.75, 3.05) is 0 Å². The fraction of sp³-hybridized carbons (Fsp3) is 0.412. The highest BCUT2D eigenvalue weighted by atomic mass is 19.1. The molecule has 2 rings (SSSR count). The van der Waals surface area contributed by atoms with Crippen molar-refractivity contribution in [1.29, 1.82) is 0 Å². The molecule has 1 heterocycles. The zero-order valence-electron chi connectivity index (χ0n) is 14.2. The van der Waals surface area contributed by atoms with E-state index in [2.05, 4.69) is 15.4 Å². The van der Waals surface area contributed by atoms with Gasteiger partial charge in [0.2, 0.25) is 5.82 Å². The molecular formula is C17H21FN4O3. The summed E-state index contributed by atoms with van der Waals surface area (Å²) in [6.07, 6.45) is 2.26. The maximum absolute atomic E-state index is 14.0. The fourth-order valence-corrected chi connectivity index (χ4v) is 2.37. The normalized spacial score (nSPS) is 12.0. The number of hydrogen-bond acceptors (Lipinski definition) is 4. The molecule has 0 saturated carbocycles. The first-order valence-corrected chi connectivity index (χ1v) is 8.22. The van der Waals surface area contributed by atoms with E-state index in [1.54, 1.807) is 12.1 Å². The van der Waals surface area contributed by atoms with Gasteiger partial charge in [-0.1, -0.05) is 38.8 Å². The van der Waals surface area contributed by atoms with Gasteiger partial charge in [0.1, 0.15) is 23.4 Å². The van der Waals surface area contributed by atoms with Crippen LogP contribution in [-0.2, 0) is 11.2 Å². The quantitative estimate of drug-likeness (QED) is 0.763. The highest BCUT2D eigenvalue weighted by Crippen LogP contribution is 2.15. The Bertz CT molecular complexity index is 760. The van der Waals surface area contributed by atoms with Gasteiger partial charge in [-0.25, -0.2) is 18.9 Å². The predicted octanol–water partition coefficient (Wildman–Crippen LogP) is 2.34. The lowest BCUT2D eigenvalue weighted by Crippen LogP contribution is -2.41. The first kappa shape index (κ1) is 18.6. The third-order valence-electron chi connectivity index (χ3n) is 3.72. The molecule has 8 heteroatoms. The summed E-state index contributed by atoms with van der Waals surface area (Å²) in [6.45, 7) is 3.75. The van der Waals surface area contributed by atoms with Crippen LogP contribution >= 0.6 is 0 Å². The maximum Gasteiger partial charge on any atom is 0.326 e. The number of halogens is 1. The first-order chi connectivity index (χ1) is 12.0. The van der Waals surface area contributed by atoms with Crippen molar-refractivity contribution < 1.29 is 19.1 Å². The van der Waals surface area contributed by atoms with E-state index in [9.17, 15) is 19.1 Å². The highest BCUT2D eigenvalue weighted by Gasteiger charge is 2.24. The molecule has 0 aliphatic heterocycles. The second-order valence-electron chi connectivity index (χ2n) is 5.57. The number of aryl methyl sites for hydroxylation is 1. The van der Waals surface area contributed by atoms with E-state index in [0.717, 1.165) is 6.42 Å². The van der Waals surface area contributed by atoms with E-state index in [-0.39, 0.29) is 11.5 Å². The van der Waals surface area contributed by atoms with Crippen LogP contribution in [0.3, 0.4) is 0 Å². The van der Waals surface area contributed by atoms with Crippen LogP contribution in [0.1, 0.15) is 49.6 Å². The Hall–Kier alpha value is -2.77. The van der Waals surface area contributed by atoms with Crippen molar-refractivity contribution in [2.24, 2.45) is 0 Å². The highest BCUT2D eigenvalue weighted by molar-refractivity contribution is 5.93. The van der Waals surface area contributed by atoms with E-state index < -0.39 is 23.7 Å².